The highest BCUT2D eigenvalue weighted by atomic mass is 19.1. The van der Waals surface area contributed by atoms with Gasteiger partial charge in [-0.1, -0.05) is 18.2 Å². The molecule has 0 saturated heterocycles. The van der Waals surface area contributed by atoms with Crippen LogP contribution in [0.4, 0.5) is 26.0 Å². The van der Waals surface area contributed by atoms with Gasteiger partial charge in [0.15, 0.2) is 11.5 Å². The first-order chi connectivity index (χ1) is 14.0. The van der Waals surface area contributed by atoms with Crippen molar-refractivity contribution in [2.75, 3.05) is 17.2 Å². The molecule has 0 atom stereocenters. The van der Waals surface area contributed by atoms with Crippen LogP contribution in [0.5, 0.6) is 0 Å². The number of nitrogens with zero attached hydrogens (tertiary/aromatic N) is 2. The minimum Gasteiger partial charge on any atom is -0.462 e. The number of hydrogen-bond donors (Lipinski definition) is 2. The number of carbonyl (C=O) groups is 2. The Bertz CT molecular complexity index is 1020. The van der Waals surface area contributed by atoms with E-state index in [1.165, 1.54) is 18.2 Å². The van der Waals surface area contributed by atoms with Crippen molar-refractivity contribution in [3.05, 3.63) is 77.5 Å². The number of amides is 1. The molecular weight excluding hydrogens is 382 g/mol. The Kier molecular flexibility index (Phi) is 6.08. The number of para-hydroxylation sites is 2. The molecule has 0 aliphatic heterocycles. The smallest absolute Gasteiger partial charge is 0.340 e. The van der Waals surface area contributed by atoms with Crippen LogP contribution >= 0.6 is 0 Å². The molecule has 0 aliphatic carbocycles. The fourth-order valence-electron chi connectivity index (χ4n) is 2.43. The van der Waals surface area contributed by atoms with Gasteiger partial charge in [-0.2, -0.15) is 0 Å². The number of anilines is 3. The van der Waals surface area contributed by atoms with E-state index in [0.717, 1.165) is 12.1 Å². The van der Waals surface area contributed by atoms with Gasteiger partial charge >= 0.3 is 5.97 Å². The molecular formula is C20H16F2N4O3. The van der Waals surface area contributed by atoms with E-state index in [1.54, 1.807) is 31.2 Å². The molecule has 0 saturated carbocycles. The number of hydrogen-bond acceptors (Lipinski definition) is 6. The summed E-state index contributed by atoms with van der Waals surface area (Å²) in [7, 11) is 0. The summed E-state index contributed by atoms with van der Waals surface area (Å²) in [4.78, 5) is 24.2. The minimum atomic E-state index is -0.903. The Morgan fingerprint density at radius 2 is 1.69 bits per heavy atom. The molecule has 1 heterocycles. The van der Waals surface area contributed by atoms with E-state index in [0.29, 0.717) is 11.3 Å². The lowest BCUT2D eigenvalue weighted by molar-refractivity contribution is 0.0527. The highest BCUT2D eigenvalue weighted by Gasteiger charge is 2.16. The van der Waals surface area contributed by atoms with Crippen molar-refractivity contribution in [1.82, 2.24) is 10.2 Å². The fraction of sp³-hybridized carbons (Fsp3) is 0.100. The highest BCUT2D eigenvalue weighted by molar-refractivity contribution is 6.03. The van der Waals surface area contributed by atoms with Crippen LogP contribution in [-0.4, -0.2) is 28.7 Å². The zero-order valence-electron chi connectivity index (χ0n) is 15.3. The molecule has 9 heteroatoms. The monoisotopic (exact) mass is 398 g/mol. The maximum absolute atomic E-state index is 13.7. The van der Waals surface area contributed by atoms with E-state index >= 15 is 0 Å². The minimum absolute atomic E-state index is 0.142. The Hall–Kier alpha value is -3.88. The van der Waals surface area contributed by atoms with Gasteiger partial charge in [0.25, 0.3) is 5.91 Å². The van der Waals surface area contributed by atoms with Gasteiger partial charge in [-0.15, -0.1) is 10.2 Å². The second kappa shape index (κ2) is 8.87. The van der Waals surface area contributed by atoms with Crippen LogP contribution in [0.2, 0.25) is 0 Å². The maximum Gasteiger partial charge on any atom is 0.340 e. The van der Waals surface area contributed by atoms with Crippen molar-refractivity contribution in [1.29, 1.82) is 0 Å². The number of nitrogens with one attached hydrogen (secondary N) is 2. The molecule has 29 heavy (non-hydrogen) atoms. The number of ether oxygens (including phenoxy) is 1. The second-order valence-electron chi connectivity index (χ2n) is 5.75. The van der Waals surface area contributed by atoms with E-state index < -0.39 is 29.2 Å². The molecule has 148 valence electrons. The maximum atomic E-state index is 13.7. The SMILES string of the molecule is CCOC(=O)c1ccccc1Nc1ccc(C(=O)Nc2c(F)cccc2F)nn1. The van der Waals surface area contributed by atoms with E-state index in [9.17, 15) is 18.4 Å². The summed E-state index contributed by atoms with van der Waals surface area (Å²) in [5.41, 5.74) is 0.0561. The predicted octanol–water partition coefficient (Wildman–Crippen LogP) is 3.93. The van der Waals surface area contributed by atoms with Crippen LogP contribution in [0.3, 0.4) is 0 Å². The predicted molar refractivity (Wildman–Crippen MR) is 102 cm³/mol. The van der Waals surface area contributed by atoms with Crippen molar-refractivity contribution < 1.29 is 23.1 Å². The summed E-state index contributed by atoms with van der Waals surface area (Å²) in [6.07, 6.45) is 0. The molecule has 1 amide bonds. The first kappa shape index (κ1) is 19.9. The van der Waals surface area contributed by atoms with Crippen molar-refractivity contribution >= 4 is 29.1 Å². The number of halogens is 2. The number of carbonyl (C=O) groups excluding carboxylic acids is 2. The molecule has 1 aromatic heterocycles. The van der Waals surface area contributed by atoms with Gasteiger partial charge in [-0.25, -0.2) is 13.6 Å². The molecule has 0 unspecified atom stereocenters. The quantitative estimate of drug-likeness (QED) is 0.611. The summed E-state index contributed by atoms with van der Waals surface area (Å²) in [5.74, 6) is -2.86. The van der Waals surface area contributed by atoms with Gasteiger partial charge in [0.1, 0.15) is 17.3 Å². The number of benzene rings is 2. The van der Waals surface area contributed by atoms with Crippen LogP contribution in [-0.2, 0) is 4.74 Å². The third-order valence-corrected chi connectivity index (χ3v) is 3.78. The van der Waals surface area contributed by atoms with E-state index in [-0.39, 0.29) is 18.1 Å². The lowest BCUT2D eigenvalue weighted by Crippen LogP contribution is -2.16. The zero-order valence-corrected chi connectivity index (χ0v) is 15.3. The Morgan fingerprint density at radius 3 is 2.34 bits per heavy atom. The molecule has 0 fully saturated rings. The molecule has 0 bridgehead atoms. The Morgan fingerprint density at radius 1 is 0.966 bits per heavy atom. The summed E-state index contributed by atoms with van der Waals surface area (Å²) >= 11 is 0. The van der Waals surface area contributed by atoms with Crippen molar-refractivity contribution in [2.24, 2.45) is 0 Å². The molecule has 0 aliphatic rings. The molecule has 0 spiro atoms. The lowest BCUT2D eigenvalue weighted by atomic mass is 10.2. The zero-order chi connectivity index (χ0) is 20.8. The van der Waals surface area contributed by atoms with Gasteiger partial charge in [0.2, 0.25) is 0 Å². The molecule has 0 radical (unpaired) electrons. The average Bonchev–Trinajstić information content (AvgIpc) is 2.72. The van der Waals surface area contributed by atoms with Crippen LogP contribution in [0.15, 0.2) is 54.6 Å². The first-order valence-corrected chi connectivity index (χ1v) is 8.62. The molecule has 3 rings (SSSR count). The fourth-order valence-corrected chi connectivity index (χ4v) is 2.43. The van der Waals surface area contributed by atoms with Gasteiger partial charge in [-0.3, -0.25) is 4.79 Å². The van der Waals surface area contributed by atoms with Crippen LogP contribution < -0.4 is 10.6 Å². The Balaban J connectivity index is 1.74. The molecule has 3 aromatic rings. The van der Waals surface area contributed by atoms with Crippen LogP contribution in [0.25, 0.3) is 0 Å². The molecule has 2 N–H and O–H groups in total. The van der Waals surface area contributed by atoms with Crippen molar-refractivity contribution in [3.8, 4) is 0 Å². The van der Waals surface area contributed by atoms with E-state index in [1.807, 2.05) is 0 Å². The average molecular weight is 398 g/mol. The third-order valence-electron chi connectivity index (χ3n) is 3.78. The summed E-state index contributed by atoms with van der Waals surface area (Å²) < 4.78 is 32.3. The number of rotatable bonds is 6. The van der Waals surface area contributed by atoms with Crippen LogP contribution in [0.1, 0.15) is 27.8 Å². The largest absolute Gasteiger partial charge is 0.462 e. The summed E-state index contributed by atoms with van der Waals surface area (Å²) in [6, 6.07) is 12.7. The standard InChI is InChI=1S/C20H16F2N4O3/c1-2-29-20(28)12-6-3-4-9-15(12)23-17-11-10-16(25-26-17)19(27)24-18-13(21)7-5-8-14(18)22/h3-11H,2H2,1H3,(H,23,26)(H,24,27). The number of aromatic nitrogens is 2. The topological polar surface area (TPSA) is 93.2 Å². The second-order valence-corrected chi connectivity index (χ2v) is 5.75. The summed E-state index contributed by atoms with van der Waals surface area (Å²) in [5, 5.41) is 12.7. The lowest BCUT2D eigenvalue weighted by Gasteiger charge is -2.11. The summed E-state index contributed by atoms with van der Waals surface area (Å²) in [6.45, 7) is 1.94. The van der Waals surface area contributed by atoms with Crippen molar-refractivity contribution in [3.63, 3.8) is 0 Å². The van der Waals surface area contributed by atoms with E-state index in [4.69, 9.17) is 4.74 Å². The normalized spacial score (nSPS) is 10.3. The molecule has 2 aromatic carbocycles. The third kappa shape index (κ3) is 4.70. The van der Waals surface area contributed by atoms with Gasteiger partial charge in [0, 0.05) is 0 Å². The first-order valence-electron chi connectivity index (χ1n) is 8.62. The van der Waals surface area contributed by atoms with Gasteiger partial charge in [0.05, 0.1) is 17.9 Å². The van der Waals surface area contributed by atoms with Crippen molar-refractivity contribution in [2.45, 2.75) is 6.92 Å². The molecule has 7 nitrogen and oxygen atoms in total. The van der Waals surface area contributed by atoms with Gasteiger partial charge in [-0.05, 0) is 43.3 Å². The number of esters is 1. The van der Waals surface area contributed by atoms with Crippen LogP contribution in [0, 0.1) is 11.6 Å². The highest BCUT2D eigenvalue weighted by Crippen LogP contribution is 2.21. The van der Waals surface area contributed by atoms with Gasteiger partial charge < -0.3 is 15.4 Å². The van der Waals surface area contributed by atoms with E-state index in [2.05, 4.69) is 20.8 Å². The Labute approximate surface area is 164 Å².